The number of nitrogens with two attached hydrogens (primary N) is 1. The quantitative estimate of drug-likeness (QED) is 0.839. The minimum Gasteiger partial charge on any atom is -0.479 e. The molecule has 1 aromatic heterocycles. The summed E-state index contributed by atoms with van der Waals surface area (Å²) in [6.07, 6.45) is 3.42. The summed E-state index contributed by atoms with van der Waals surface area (Å²) < 4.78 is 6.66. The summed E-state index contributed by atoms with van der Waals surface area (Å²) in [4.78, 5) is 4.05. The summed E-state index contributed by atoms with van der Waals surface area (Å²) in [6.45, 7) is 1.89. The van der Waals surface area contributed by atoms with Crippen LogP contribution >= 0.6 is 0 Å². The zero-order chi connectivity index (χ0) is 13.7. The molecule has 0 atom stereocenters. The number of imidazole rings is 1. The first-order valence-corrected chi connectivity index (χ1v) is 5.64. The molecule has 2 rings (SSSR count). The van der Waals surface area contributed by atoms with Crippen molar-refractivity contribution in [3.05, 3.63) is 41.7 Å². The van der Waals surface area contributed by atoms with Crippen LogP contribution in [0.4, 0.5) is 5.95 Å². The number of nitrogens with zero attached hydrogens (tertiary/aromatic N) is 4. The Labute approximate surface area is 110 Å². The minimum absolute atomic E-state index is 0.0400. The fourth-order valence-electron chi connectivity index (χ4n) is 1.49. The molecule has 0 fully saturated rings. The first-order chi connectivity index (χ1) is 9.19. The Balaban J connectivity index is 2.07. The van der Waals surface area contributed by atoms with Crippen LogP contribution < -0.4 is 10.5 Å². The largest absolute Gasteiger partial charge is 0.479 e. The third-order valence-corrected chi connectivity index (χ3v) is 2.35. The van der Waals surface area contributed by atoms with Gasteiger partial charge in [0.15, 0.2) is 6.61 Å². The topological polar surface area (TPSA) is 89.2 Å². The second-order valence-corrected chi connectivity index (χ2v) is 3.85. The van der Waals surface area contributed by atoms with Crippen LogP contribution in [0.1, 0.15) is 11.3 Å². The fraction of sp³-hybridized carbons (Fsp3) is 0.154. The summed E-state index contributed by atoms with van der Waals surface area (Å²) in [5, 5.41) is 12.6. The third-order valence-electron chi connectivity index (χ3n) is 2.35. The van der Waals surface area contributed by atoms with Gasteiger partial charge < -0.3 is 10.5 Å². The predicted molar refractivity (Wildman–Crippen MR) is 71.9 cm³/mol. The predicted octanol–water partition coefficient (Wildman–Crippen LogP) is 1.56. The van der Waals surface area contributed by atoms with Crippen LogP contribution in [0.25, 0.3) is 0 Å². The average Bonchev–Trinajstić information content (AvgIpc) is 2.73. The Morgan fingerprint density at radius 2 is 2.21 bits per heavy atom. The molecule has 0 aliphatic heterocycles. The van der Waals surface area contributed by atoms with Gasteiger partial charge in [0.2, 0.25) is 5.95 Å². The molecule has 0 bridgehead atoms. The number of rotatable bonds is 4. The molecule has 19 heavy (non-hydrogen) atoms. The molecule has 0 radical (unpaired) electrons. The van der Waals surface area contributed by atoms with Crippen LogP contribution in [0.15, 0.2) is 35.6 Å². The van der Waals surface area contributed by atoms with Gasteiger partial charge in [0.05, 0.1) is 18.1 Å². The molecule has 1 heterocycles. The van der Waals surface area contributed by atoms with E-state index in [9.17, 15) is 0 Å². The van der Waals surface area contributed by atoms with E-state index < -0.39 is 0 Å². The van der Waals surface area contributed by atoms with E-state index in [0.717, 1.165) is 11.3 Å². The van der Waals surface area contributed by atoms with Gasteiger partial charge in [-0.2, -0.15) is 10.4 Å². The van der Waals surface area contributed by atoms with Gasteiger partial charge in [-0.3, -0.25) is 0 Å². The van der Waals surface area contributed by atoms with Crippen molar-refractivity contribution in [3.8, 4) is 11.8 Å². The molecule has 0 unspecified atom stereocenters. The number of anilines is 1. The normalized spacial score (nSPS) is 10.5. The van der Waals surface area contributed by atoms with Gasteiger partial charge in [0.1, 0.15) is 11.8 Å². The zero-order valence-electron chi connectivity index (χ0n) is 10.4. The number of benzene rings is 1. The second-order valence-electron chi connectivity index (χ2n) is 3.85. The number of hydrogen-bond donors (Lipinski definition) is 1. The first kappa shape index (κ1) is 12.6. The third kappa shape index (κ3) is 3.33. The van der Waals surface area contributed by atoms with Crippen LogP contribution in [0.3, 0.4) is 0 Å². The van der Waals surface area contributed by atoms with Crippen LogP contribution in [-0.4, -0.2) is 22.5 Å². The molecule has 0 spiro atoms. The highest BCUT2D eigenvalue weighted by Gasteiger charge is 1.98. The zero-order valence-corrected chi connectivity index (χ0v) is 10.4. The van der Waals surface area contributed by atoms with E-state index in [0.29, 0.717) is 11.7 Å². The van der Waals surface area contributed by atoms with Crippen molar-refractivity contribution in [2.45, 2.75) is 6.92 Å². The highest BCUT2D eigenvalue weighted by molar-refractivity contribution is 5.79. The molecular weight excluding hydrogens is 242 g/mol. The van der Waals surface area contributed by atoms with E-state index in [4.69, 9.17) is 15.7 Å². The number of nitrogen functional groups attached to an aromatic ring is 1. The maximum atomic E-state index is 8.40. The maximum absolute atomic E-state index is 8.40. The van der Waals surface area contributed by atoms with E-state index >= 15 is 0 Å². The van der Waals surface area contributed by atoms with Crippen molar-refractivity contribution in [2.24, 2.45) is 5.10 Å². The van der Waals surface area contributed by atoms with Crippen LogP contribution in [0, 0.1) is 18.3 Å². The first-order valence-electron chi connectivity index (χ1n) is 5.64. The molecule has 0 saturated heterocycles. The summed E-state index contributed by atoms with van der Waals surface area (Å²) in [5.41, 5.74) is 7.38. The maximum Gasteiger partial charge on any atom is 0.221 e. The van der Waals surface area contributed by atoms with E-state index in [1.165, 1.54) is 4.68 Å². The Bertz CT molecular complexity index is 621. The average molecular weight is 255 g/mol. The number of aryl methyl sites for hydroxylation is 1. The highest BCUT2D eigenvalue weighted by Crippen LogP contribution is 2.11. The number of ether oxygens (including phenoxy) is 1. The van der Waals surface area contributed by atoms with Crippen molar-refractivity contribution >= 4 is 12.2 Å². The lowest BCUT2D eigenvalue weighted by atomic mass is 10.2. The van der Waals surface area contributed by atoms with Gasteiger partial charge in [0.25, 0.3) is 0 Å². The minimum atomic E-state index is 0.0400. The van der Waals surface area contributed by atoms with Gasteiger partial charge in [-0.05, 0) is 36.8 Å². The van der Waals surface area contributed by atoms with Crippen LogP contribution in [0.2, 0.25) is 0 Å². The molecule has 0 saturated carbocycles. The lowest BCUT2D eigenvalue weighted by molar-refractivity contribution is 0.368. The second kappa shape index (κ2) is 5.69. The Morgan fingerprint density at radius 3 is 2.79 bits per heavy atom. The molecule has 96 valence electrons. The van der Waals surface area contributed by atoms with E-state index in [-0.39, 0.29) is 6.61 Å². The van der Waals surface area contributed by atoms with Gasteiger partial charge in [-0.15, -0.1) is 0 Å². The Hall–Kier alpha value is -2.81. The molecule has 1 aromatic carbocycles. The van der Waals surface area contributed by atoms with Crippen molar-refractivity contribution < 1.29 is 4.74 Å². The molecular formula is C13H13N5O. The fourth-order valence-corrected chi connectivity index (χ4v) is 1.49. The van der Waals surface area contributed by atoms with Gasteiger partial charge in [0, 0.05) is 0 Å². The molecule has 0 amide bonds. The van der Waals surface area contributed by atoms with Crippen LogP contribution in [-0.2, 0) is 0 Å². The van der Waals surface area contributed by atoms with Crippen molar-refractivity contribution in [1.82, 2.24) is 9.66 Å². The molecule has 0 aliphatic carbocycles. The van der Waals surface area contributed by atoms with E-state index in [2.05, 4.69) is 10.1 Å². The lowest BCUT2D eigenvalue weighted by Gasteiger charge is -2.01. The van der Waals surface area contributed by atoms with E-state index in [1.807, 2.05) is 25.1 Å². The summed E-state index contributed by atoms with van der Waals surface area (Å²) >= 11 is 0. The smallest absolute Gasteiger partial charge is 0.221 e. The number of nitriles is 1. The van der Waals surface area contributed by atoms with Gasteiger partial charge in [-0.25, -0.2) is 9.66 Å². The molecule has 2 N–H and O–H groups in total. The van der Waals surface area contributed by atoms with Crippen LogP contribution in [0.5, 0.6) is 5.75 Å². The van der Waals surface area contributed by atoms with Crippen molar-refractivity contribution in [3.63, 3.8) is 0 Å². The Kier molecular flexibility index (Phi) is 3.78. The standard InChI is InChI=1S/C13H13N5O/c1-10-9-18(13(15)17-10)16-8-11-2-4-12(5-3-11)19-7-6-14/h2-5,8-9H,7H2,1H3,(H2,15,17). The molecule has 6 heteroatoms. The van der Waals surface area contributed by atoms with E-state index in [1.54, 1.807) is 24.5 Å². The number of aromatic nitrogens is 2. The van der Waals surface area contributed by atoms with Crippen molar-refractivity contribution in [2.75, 3.05) is 12.3 Å². The summed E-state index contributed by atoms with van der Waals surface area (Å²) in [7, 11) is 0. The Morgan fingerprint density at radius 1 is 1.47 bits per heavy atom. The highest BCUT2D eigenvalue weighted by atomic mass is 16.5. The van der Waals surface area contributed by atoms with Crippen molar-refractivity contribution in [1.29, 1.82) is 5.26 Å². The number of hydrogen-bond acceptors (Lipinski definition) is 5. The monoisotopic (exact) mass is 255 g/mol. The molecule has 2 aromatic rings. The van der Waals surface area contributed by atoms with Gasteiger partial charge >= 0.3 is 0 Å². The molecule has 6 nitrogen and oxygen atoms in total. The summed E-state index contributed by atoms with van der Waals surface area (Å²) in [6, 6.07) is 9.16. The lowest BCUT2D eigenvalue weighted by Crippen LogP contribution is -1.97. The molecule has 0 aliphatic rings. The summed E-state index contributed by atoms with van der Waals surface area (Å²) in [5.74, 6) is 0.999. The SMILES string of the molecule is Cc1cn(N=Cc2ccc(OCC#N)cc2)c(N)n1. The van der Waals surface area contributed by atoms with Gasteiger partial charge in [-0.1, -0.05) is 0 Å².